The molecule has 2 heteroatoms. The summed E-state index contributed by atoms with van der Waals surface area (Å²) in [5, 5.41) is 4.25. The molecule has 0 aromatic carbocycles. The van der Waals surface area contributed by atoms with E-state index in [9.17, 15) is 0 Å². The molecule has 0 amide bonds. The quantitative estimate of drug-likeness (QED) is 0.675. The summed E-state index contributed by atoms with van der Waals surface area (Å²) in [5.74, 6) is 0.569. The maximum absolute atomic E-state index is 4.25. The van der Waals surface area contributed by atoms with Gasteiger partial charge in [0.05, 0.1) is 0 Å². The molecule has 0 atom stereocenters. The highest BCUT2D eigenvalue weighted by atomic mass is 15.3. The molecular weight excluding hydrogens is 208 g/mol. The minimum absolute atomic E-state index is 0.474. The summed E-state index contributed by atoms with van der Waals surface area (Å²) in [6.07, 6.45) is 4.37. The van der Waals surface area contributed by atoms with E-state index in [2.05, 4.69) is 71.2 Å². The lowest BCUT2D eigenvalue weighted by molar-refractivity contribution is 0.498. The molecule has 0 aliphatic rings. The van der Waals surface area contributed by atoms with Crippen LogP contribution in [0.3, 0.4) is 0 Å². The van der Waals surface area contributed by atoms with E-state index in [1.807, 2.05) is 6.20 Å². The van der Waals surface area contributed by atoms with Crippen LogP contribution < -0.4 is 0 Å². The van der Waals surface area contributed by atoms with Crippen molar-refractivity contribution < 1.29 is 0 Å². The van der Waals surface area contributed by atoms with Gasteiger partial charge in [0.2, 0.25) is 0 Å². The van der Waals surface area contributed by atoms with E-state index in [0.29, 0.717) is 12.0 Å². The summed E-state index contributed by atoms with van der Waals surface area (Å²) in [4.78, 5) is 0. The molecule has 17 heavy (non-hydrogen) atoms. The summed E-state index contributed by atoms with van der Waals surface area (Å²) < 4.78 is 2.07. The molecule has 2 nitrogen and oxygen atoms in total. The second-order valence-electron chi connectivity index (χ2n) is 4.86. The van der Waals surface area contributed by atoms with Crippen molar-refractivity contribution in [2.75, 3.05) is 0 Å². The lowest BCUT2D eigenvalue weighted by Crippen LogP contribution is -2.08. The van der Waals surface area contributed by atoms with E-state index in [1.54, 1.807) is 0 Å². The van der Waals surface area contributed by atoms with E-state index < -0.39 is 0 Å². The highest BCUT2D eigenvalue weighted by Gasteiger charge is 2.07. The minimum Gasteiger partial charge on any atom is -0.267 e. The Morgan fingerprint density at radius 1 is 1.00 bits per heavy atom. The first-order valence-corrected chi connectivity index (χ1v) is 6.99. The first-order chi connectivity index (χ1) is 7.95. The van der Waals surface area contributed by atoms with Gasteiger partial charge in [-0.3, -0.25) is 4.68 Å². The van der Waals surface area contributed by atoms with Crippen LogP contribution in [-0.2, 0) is 0 Å². The average molecular weight is 240 g/mol. The maximum atomic E-state index is 4.25. The molecule has 1 rings (SSSR count). The van der Waals surface area contributed by atoms with E-state index >= 15 is 0 Å². The fourth-order valence-electron chi connectivity index (χ4n) is 1.21. The van der Waals surface area contributed by atoms with E-state index in [1.165, 1.54) is 18.5 Å². The Morgan fingerprint density at radius 3 is 1.65 bits per heavy atom. The fraction of sp³-hybridized carbons (Fsp3) is 0.800. The molecule has 0 fully saturated rings. The van der Waals surface area contributed by atoms with Crippen molar-refractivity contribution in [2.24, 2.45) is 0 Å². The van der Waals surface area contributed by atoms with Gasteiger partial charge < -0.3 is 0 Å². The van der Waals surface area contributed by atoms with Crippen molar-refractivity contribution in [1.82, 2.24) is 9.78 Å². The first kappa shape index (κ1) is 18.6. The molecule has 0 bridgehead atoms. The zero-order valence-corrected chi connectivity index (χ0v) is 13.1. The summed E-state index contributed by atoms with van der Waals surface area (Å²) >= 11 is 0. The molecule has 0 saturated heterocycles. The number of aromatic nitrogens is 2. The summed E-state index contributed by atoms with van der Waals surface area (Å²) in [5.41, 5.74) is 1.32. The van der Waals surface area contributed by atoms with Gasteiger partial charge in [-0.25, -0.2) is 0 Å². The third kappa shape index (κ3) is 8.96. The van der Waals surface area contributed by atoms with Gasteiger partial charge in [-0.2, -0.15) is 5.10 Å². The predicted octanol–water partition coefficient (Wildman–Crippen LogP) is 5.42. The molecule has 0 aliphatic carbocycles. The van der Waals surface area contributed by atoms with Gasteiger partial charge in [0, 0.05) is 17.9 Å². The van der Waals surface area contributed by atoms with Crippen molar-refractivity contribution in [2.45, 2.75) is 80.2 Å². The lowest BCUT2D eigenvalue weighted by Gasteiger charge is -2.12. The van der Waals surface area contributed by atoms with Gasteiger partial charge in [0.15, 0.2) is 0 Å². The molecule has 0 aliphatic heterocycles. The van der Waals surface area contributed by atoms with E-state index in [-0.39, 0.29) is 0 Å². The second-order valence-corrected chi connectivity index (χ2v) is 4.86. The Hall–Kier alpha value is -0.790. The molecule has 1 aromatic rings. The molecule has 0 saturated carbocycles. The van der Waals surface area contributed by atoms with Gasteiger partial charge in [-0.1, -0.05) is 54.4 Å². The average Bonchev–Trinajstić information content (AvgIpc) is 2.68. The van der Waals surface area contributed by atoms with Gasteiger partial charge in [0.25, 0.3) is 0 Å². The molecule has 102 valence electrons. The van der Waals surface area contributed by atoms with Crippen LogP contribution in [0.5, 0.6) is 0 Å². The Kier molecular flexibility index (Phi) is 12.8. The van der Waals surface area contributed by atoms with Gasteiger partial charge >= 0.3 is 0 Å². The summed E-state index contributed by atoms with van der Waals surface area (Å²) in [6.45, 7) is 17.2. The summed E-state index contributed by atoms with van der Waals surface area (Å²) in [7, 11) is 0. The Bertz CT molecular complexity index is 225. The summed E-state index contributed by atoms with van der Waals surface area (Å²) in [6, 6.07) is 2.56. The SMILES string of the molecule is CC(C)c1ccnn1C(C)C.CCC.CCC. The van der Waals surface area contributed by atoms with Crippen LogP contribution in [0.25, 0.3) is 0 Å². The van der Waals surface area contributed by atoms with Crippen molar-refractivity contribution >= 4 is 0 Å². The van der Waals surface area contributed by atoms with E-state index in [4.69, 9.17) is 0 Å². The smallest absolute Gasteiger partial charge is 0.0492 e. The van der Waals surface area contributed by atoms with Crippen LogP contribution in [-0.4, -0.2) is 9.78 Å². The maximum Gasteiger partial charge on any atom is 0.0492 e. The topological polar surface area (TPSA) is 17.8 Å². The van der Waals surface area contributed by atoms with Crippen molar-refractivity contribution in [3.63, 3.8) is 0 Å². The van der Waals surface area contributed by atoms with Crippen LogP contribution in [0.2, 0.25) is 0 Å². The Morgan fingerprint density at radius 2 is 1.41 bits per heavy atom. The Labute approximate surface area is 108 Å². The van der Waals surface area contributed by atoms with E-state index in [0.717, 1.165) is 0 Å². The van der Waals surface area contributed by atoms with Gasteiger partial charge in [0.1, 0.15) is 0 Å². The normalized spacial score (nSPS) is 9.53. The highest BCUT2D eigenvalue weighted by molar-refractivity contribution is 5.06. The van der Waals surface area contributed by atoms with Crippen LogP contribution in [0.1, 0.15) is 85.9 Å². The second kappa shape index (κ2) is 11.7. The zero-order valence-electron chi connectivity index (χ0n) is 13.1. The number of nitrogens with zero attached hydrogens (tertiary/aromatic N) is 2. The van der Waals surface area contributed by atoms with Gasteiger partial charge in [-0.05, 0) is 25.8 Å². The fourth-order valence-corrected chi connectivity index (χ4v) is 1.21. The van der Waals surface area contributed by atoms with Crippen LogP contribution >= 0.6 is 0 Å². The zero-order chi connectivity index (χ0) is 13.8. The van der Waals surface area contributed by atoms with Crippen LogP contribution in [0, 0.1) is 0 Å². The molecule has 0 unspecified atom stereocenters. The van der Waals surface area contributed by atoms with Crippen molar-refractivity contribution in [1.29, 1.82) is 0 Å². The Balaban J connectivity index is 0. The molecule has 1 heterocycles. The number of hydrogen-bond acceptors (Lipinski definition) is 1. The van der Waals surface area contributed by atoms with Gasteiger partial charge in [-0.15, -0.1) is 0 Å². The molecule has 0 N–H and O–H groups in total. The third-order valence-corrected chi connectivity index (χ3v) is 1.78. The van der Waals surface area contributed by atoms with Crippen LogP contribution in [0.4, 0.5) is 0 Å². The molecular formula is C15H32N2. The number of hydrogen-bond donors (Lipinski definition) is 0. The first-order valence-electron chi connectivity index (χ1n) is 6.99. The highest BCUT2D eigenvalue weighted by Crippen LogP contribution is 2.16. The largest absolute Gasteiger partial charge is 0.267 e. The molecule has 1 aromatic heterocycles. The third-order valence-electron chi connectivity index (χ3n) is 1.78. The minimum atomic E-state index is 0.474. The standard InChI is InChI=1S/C9H16N2.2C3H8/c1-7(2)9-5-6-10-11(9)8(3)4;2*1-3-2/h5-8H,1-4H3;2*3H2,1-2H3. The monoisotopic (exact) mass is 240 g/mol. The number of rotatable bonds is 2. The van der Waals surface area contributed by atoms with Crippen molar-refractivity contribution in [3.8, 4) is 0 Å². The predicted molar refractivity (Wildman–Crippen MR) is 78.6 cm³/mol. The van der Waals surface area contributed by atoms with Crippen LogP contribution in [0.15, 0.2) is 12.3 Å². The molecule has 0 spiro atoms. The lowest BCUT2D eigenvalue weighted by atomic mass is 10.1. The van der Waals surface area contributed by atoms with Crippen molar-refractivity contribution in [3.05, 3.63) is 18.0 Å². The molecule has 0 radical (unpaired) electrons.